The van der Waals surface area contributed by atoms with Crippen LogP contribution in [0, 0.1) is 11.6 Å². The monoisotopic (exact) mass is 381 g/mol. The summed E-state index contributed by atoms with van der Waals surface area (Å²) >= 11 is 3.29. The molecule has 2 rings (SSSR count). The Bertz CT molecular complexity index is 729. The molecule has 0 aliphatic carbocycles. The maximum atomic E-state index is 13.8. The number of benzene rings is 2. The first-order valence-electron chi connectivity index (χ1n) is 6.68. The zero-order valence-electron chi connectivity index (χ0n) is 12.3. The number of carbonyl (C=O) groups excluding carboxylic acids is 1. The number of methoxy groups -OCH3 is 1. The van der Waals surface area contributed by atoms with Crippen LogP contribution in [0.4, 0.5) is 8.78 Å². The number of nitrogens with one attached hydrogen (secondary N) is 1. The Balaban J connectivity index is 2.29. The highest BCUT2D eigenvalue weighted by atomic mass is 79.9. The van der Waals surface area contributed by atoms with Crippen LogP contribution in [0.25, 0.3) is 0 Å². The van der Waals surface area contributed by atoms with Gasteiger partial charge in [-0.15, -0.1) is 6.58 Å². The van der Waals surface area contributed by atoms with Gasteiger partial charge < -0.3 is 10.1 Å². The van der Waals surface area contributed by atoms with Gasteiger partial charge in [-0.1, -0.05) is 12.1 Å². The third-order valence-electron chi connectivity index (χ3n) is 3.25. The van der Waals surface area contributed by atoms with E-state index in [-0.39, 0.29) is 5.56 Å². The predicted molar refractivity (Wildman–Crippen MR) is 87.5 cm³/mol. The van der Waals surface area contributed by atoms with Crippen molar-refractivity contribution in [2.45, 2.75) is 6.04 Å². The summed E-state index contributed by atoms with van der Waals surface area (Å²) in [6, 6.07) is 7.28. The maximum absolute atomic E-state index is 13.8. The molecule has 0 aliphatic rings. The van der Waals surface area contributed by atoms with Gasteiger partial charge in [-0.2, -0.15) is 0 Å². The molecule has 6 heteroatoms. The summed E-state index contributed by atoms with van der Waals surface area (Å²) in [5.41, 5.74) is 0.0496. The summed E-state index contributed by atoms with van der Waals surface area (Å²) in [4.78, 5) is 12.3. The van der Waals surface area contributed by atoms with E-state index in [0.717, 1.165) is 12.1 Å². The van der Waals surface area contributed by atoms with Crippen LogP contribution >= 0.6 is 15.9 Å². The molecular formula is C17H14BrF2NO2. The van der Waals surface area contributed by atoms with Gasteiger partial charge in [-0.3, -0.25) is 4.79 Å². The molecule has 0 radical (unpaired) electrons. The van der Waals surface area contributed by atoms with E-state index in [1.165, 1.54) is 25.3 Å². The van der Waals surface area contributed by atoms with Crippen LogP contribution in [0.2, 0.25) is 0 Å². The van der Waals surface area contributed by atoms with Gasteiger partial charge in [0.1, 0.15) is 17.4 Å². The van der Waals surface area contributed by atoms with Gasteiger partial charge in [-0.05, 0) is 46.3 Å². The third kappa shape index (κ3) is 3.76. The molecule has 0 fully saturated rings. The Morgan fingerprint density at radius 1 is 1.30 bits per heavy atom. The fourth-order valence-corrected chi connectivity index (χ4v) is 2.49. The van der Waals surface area contributed by atoms with Gasteiger partial charge in [-0.25, -0.2) is 8.78 Å². The van der Waals surface area contributed by atoms with Crippen LogP contribution in [0.1, 0.15) is 22.0 Å². The van der Waals surface area contributed by atoms with Crippen molar-refractivity contribution in [3.05, 3.63) is 76.3 Å². The number of hydrogen-bond acceptors (Lipinski definition) is 2. The van der Waals surface area contributed by atoms with E-state index in [1.54, 1.807) is 12.1 Å². The Morgan fingerprint density at radius 3 is 2.52 bits per heavy atom. The lowest BCUT2D eigenvalue weighted by Crippen LogP contribution is -2.28. The molecular weight excluding hydrogens is 368 g/mol. The largest absolute Gasteiger partial charge is 0.496 e. The van der Waals surface area contributed by atoms with Crippen molar-refractivity contribution in [1.82, 2.24) is 5.32 Å². The van der Waals surface area contributed by atoms with Crippen molar-refractivity contribution in [3.63, 3.8) is 0 Å². The molecule has 1 amide bonds. The molecule has 0 bridgehead atoms. The van der Waals surface area contributed by atoms with Crippen molar-refractivity contribution < 1.29 is 18.3 Å². The first-order valence-corrected chi connectivity index (χ1v) is 7.48. The second kappa shape index (κ2) is 7.37. The number of rotatable bonds is 5. The number of hydrogen-bond donors (Lipinski definition) is 1. The lowest BCUT2D eigenvalue weighted by Gasteiger charge is -2.17. The normalized spacial score (nSPS) is 11.7. The maximum Gasteiger partial charge on any atom is 0.252 e. The molecule has 1 N–H and O–H groups in total. The molecule has 0 aliphatic heterocycles. The number of amides is 1. The summed E-state index contributed by atoms with van der Waals surface area (Å²) in [7, 11) is 1.48. The molecule has 2 aromatic carbocycles. The van der Waals surface area contributed by atoms with E-state index < -0.39 is 23.6 Å². The molecule has 0 saturated carbocycles. The van der Waals surface area contributed by atoms with E-state index in [4.69, 9.17) is 4.74 Å². The van der Waals surface area contributed by atoms with Crippen molar-refractivity contribution in [1.29, 1.82) is 0 Å². The highest BCUT2D eigenvalue weighted by molar-refractivity contribution is 9.10. The molecule has 0 aromatic heterocycles. The molecule has 1 unspecified atom stereocenters. The second-order valence-electron chi connectivity index (χ2n) is 4.67. The van der Waals surface area contributed by atoms with Crippen LogP contribution in [0.3, 0.4) is 0 Å². The number of halogens is 3. The van der Waals surface area contributed by atoms with Gasteiger partial charge in [0.05, 0.1) is 17.6 Å². The fourth-order valence-electron chi connectivity index (χ4n) is 2.08. The average Bonchev–Trinajstić information content (AvgIpc) is 2.53. The first kappa shape index (κ1) is 17.1. The van der Waals surface area contributed by atoms with Crippen molar-refractivity contribution in [2.75, 3.05) is 7.11 Å². The standard InChI is InChI=1S/C17H14BrF2NO2/c1-3-14(16-12(19)5-4-6-13(16)20)21-17(22)10-7-8-11(18)15(9-10)23-2/h3-9,14H,1H2,2H3,(H,21,22). The van der Waals surface area contributed by atoms with Gasteiger partial charge in [0.15, 0.2) is 0 Å². The SMILES string of the molecule is C=CC(NC(=O)c1ccc(Br)c(OC)c1)c1c(F)cccc1F. The fraction of sp³-hybridized carbons (Fsp3) is 0.118. The van der Waals surface area contributed by atoms with E-state index in [2.05, 4.69) is 27.8 Å². The van der Waals surface area contributed by atoms with E-state index in [1.807, 2.05) is 0 Å². The summed E-state index contributed by atoms with van der Waals surface area (Å²) in [5, 5.41) is 2.54. The summed E-state index contributed by atoms with van der Waals surface area (Å²) < 4.78 is 33.5. The quantitative estimate of drug-likeness (QED) is 0.779. The minimum Gasteiger partial charge on any atom is -0.496 e. The van der Waals surface area contributed by atoms with Crippen LogP contribution in [0.15, 0.2) is 53.5 Å². The smallest absolute Gasteiger partial charge is 0.252 e. The highest BCUT2D eigenvalue weighted by Crippen LogP contribution is 2.26. The van der Waals surface area contributed by atoms with Gasteiger partial charge in [0, 0.05) is 11.1 Å². The lowest BCUT2D eigenvalue weighted by atomic mass is 10.0. The molecule has 23 heavy (non-hydrogen) atoms. The molecule has 0 spiro atoms. The van der Waals surface area contributed by atoms with E-state index >= 15 is 0 Å². The third-order valence-corrected chi connectivity index (χ3v) is 3.90. The van der Waals surface area contributed by atoms with Crippen LogP contribution in [-0.4, -0.2) is 13.0 Å². The van der Waals surface area contributed by atoms with E-state index in [9.17, 15) is 13.6 Å². The number of carbonyl (C=O) groups is 1. The van der Waals surface area contributed by atoms with Crippen molar-refractivity contribution in [3.8, 4) is 5.75 Å². The van der Waals surface area contributed by atoms with Gasteiger partial charge in [0.2, 0.25) is 0 Å². The van der Waals surface area contributed by atoms with Crippen LogP contribution in [0.5, 0.6) is 5.75 Å². The lowest BCUT2D eigenvalue weighted by molar-refractivity contribution is 0.0943. The van der Waals surface area contributed by atoms with Crippen LogP contribution in [-0.2, 0) is 0 Å². The average molecular weight is 382 g/mol. The predicted octanol–water partition coefficient (Wildman–Crippen LogP) is 4.39. The Labute approximate surface area is 141 Å². The van der Waals surface area contributed by atoms with Gasteiger partial charge in [0.25, 0.3) is 5.91 Å². The number of ether oxygens (including phenoxy) is 1. The molecule has 120 valence electrons. The summed E-state index contributed by atoms with van der Waals surface area (Å²) in [6.07, 6.45) is 1.27. The van der Waals surface area contributed by atoms with E-state index in [0.29, 0.717) is 15.8 Å². The Hall–Kier alpha value is -2.21. The Kier molecular flexibility index (Phi) is 5.50. The van der Waals surface area contributed by atoms with Gasteiger partial charge >= 0.3 is 0 Å². The van der Waals surface area contributed by atoms with Crippen molar-refractivity contribution in [2.24, 2.45) is 0 Å². The zero-order valence-corrected chi connectivity index (χ0v) is 13.9. The summed E-state index contributed by atoms with van der Waals surface area (Å²) in [5.74, 6) is -1.51. The second-order valence-corrected chi connectivity index (χ2v) is 5.53. The minimum atomic E-state index is -0.988. The molecule has 2 aromatic rings. The van der Waals surface area contributed by atoms with Crippen molar-refractivity contribution >= 4 is 21.8 Å². The summed E-state index contributed by atoms with van der Waals surface area (Å²) in [6.45, 7) is 3.53. The molecule has 0 saturated heterocycles. The minimum absolute atomic E-state index is 0.250. The van der Waals surface area contributed by atoms with Crippen LogP contribution < -0.4 is 10.1 Å². The molecule has 0 heterocycles. The topological polar surface area (TPSA) is 38.3 Å². The zero-order chi connectivity index (χ0) is 17.0. The molecule has 1 atom stereocenters. The Morgan fingerprint density at radius 2 is 1.96 bits per heavy atom. The first-order chi connectivity index (χ1) is 11.0. The molecule has 3 nitrogen and oxygen atoms in total. The highest BCUT2D eigenvalue weighted by Gasteiger charge is 2.20.